The van der Waals surface area contributed by atoms with Crippen LogP contribution in [0.2, 0.25) is 0 Å². The third-order valence-corrected chi connectivity index (χ3v) is 3.52. The number of fused-ring (bicyclic) bond motifs is 1. The summed E-state index contributed by atoms with van der Waals surface area (Å²) in [6, 6.07) is 5.57. The number of rotatable bonds is 1. The Balaban J connectivity index is 2.26. The van der Waals surface area contributed by atoms with Gasteiger partial charge in [0, 0.05) is 5.92 Å². The van der Waals surface area contributed by atoms with Crippen LogP contribution in [0.1, 0.15) is 23.8 Å². The Morgan fingerprint density at radius 2 is 2.23 bits per heavy atom. The first-order valence-corrected chi connectivity index (χ1v) is 5.24. The van der Waals surface area contributed by atoms with Gasteiger partial charge in [0.05, 0.1) is 9.71 Å². The molecule has 0 amide bonds. The minimum absolute atomic E-state index is 0.306. The van der Waals surface area contributed by atoms with E-state index in [1.165, 1.54) is 17.8 Å². The molecule has 66 valence electrons. The van der Waals surface area contributed by atoms with Gasteiger partial charge in [-0.15, -0.1) is 11.3 Å². The number of para-hydroxylation sites is 1. The molecule has 1 aliphatic rings. The first-order valence-electron chi connectivity index (χ1n) is 4.43. The van der Waals surface area contributed by atoms with Crippen LogP contribution in [0.3, 0.4) is 0 Å². The van der Waals surface area contributed by atoms with E-state index in [4.69, 9.17) is 0 Å². The van der Waals surface area contributed by atoms with Crippen molar-refractivity contribution in [1.82, 2.24) is 4.98 Å². The topological polar surface area (TPSA) is 33.1 Å². The highest BCUT2D eigenvalue weighted by atomic mass is 32.1. The van der Waals surface area contributed by atoms with Gasteiger partial charge >= 0.3 is 0 Å². The fraction of sp³-hybridized carbons (Fsp3) is 0.300. The molecule has 1 aliphatic carbocycles. The zero-order valence-corrected chi connectivity index (χ0v) is 7.84. The molecule has 0 saturated heterocycles. The summed E-state index contributed by atoms with van der Waals surface area (Å²) in [6.45, 7) is 0. The largest absolute Gasteiger partial charge is 0.506 e. The van der Waals surface area contributed by atoms with Crippen LogP contribution in [0.15, 0.2) is 18.2 Å². The molecule has 0 bridgehead atoms. The number of phenolic OH excluding ortho intramolecular Hbond substituents is 1. The smallest absolute Gasteiger partial charge is 0.142 e. The second kappa shape index (κ2) is 2.45. The molecule has 1 saturated carbocycles. The normalized spacial score (nSPS) is 16.6. The van der Waals surface area contributed by atoms with E-state index < -0.39 is 0 Å². The highest BCUT2D eigenvalue weighted by molar-refractivity contribution is 7.18. The van der Waals surface area contributed by atoms with E-state index in [2.05, 4.69) is 4.98 Å². The molecule has 13 heavy (non-hydrogen) atoms. The molecule has 3 heteroatoms. The van der Waals surface area contributed by atoms with Crippen molar-refractivity contribution in [3.8, 4) is 5.75 Å². The standard InChI is InChI=1S/C10H9NOS/c12-7-2-1-3-8-9(7)11-10(13-8)6-4-5-6/h1-3,6,12H,4-5H2. The summed E-state index contributed by atoms with van der Waals surface area (Å²) in [4.78, 5) is 4.44. The summed E-state index contributed by atoms with van der Waals surface area (Å²) < 4.78 is 1.10. The maximum Gasteiger partial charge on any atom is 0.142 e. The second-order valence-electron chi connectivity index (χ2n) is 3.45. The van der Waals surface area contributed by atoms with Crippen molar-refractivity contribution in [2.24, 2.45) is 0 Å². The van der Waals surface area contributed by atoms with E-state index in [0.29, 0.717) is 11.7 Å². The Labute approximate surface area is 79.9 Å². The van der Waals surface area contributed by atoms with Crippen LogP contribution in [0.5, 0.6) is 5.75 Å². The summed E-state index contributed by atoms with van der Waals surface area (Å²) in [5.41, 5.74) is 0.773. The highest BCUT2D eigenvalue weighted by Gasteiger charge is 2.27. The first-order chi connectivity index (χ1) is 6.34. The molecule has 0 spiro atoms. The summed E-state index contributed by atoms with van der Waals surface area (Å²) >= 11 is 1.71. The lowest BCUT2D eigenvalue weighted by atomic mass is 10.3. The van der Waals surface area contributed by atoms with Crippen LogP contribution in [-0.4, -0.2) is 10.1 Å². The molecular weight excluding hydrogens is 182 g/mol. The average Bonchev–Trinajstić information content (AvgIpc) is 2.87. The number of aromatic hydroxyl groups is 1. The maximum absolute atomic E-state index is 9.53. The summed E-state index contributed by atoms with van der Waals surface area (Å²) in [5, 5.41) is 10.7. The molecule has 1 aromatic carbocycles. The Hall–Kier alpha value is -1.09. The third kappa shape index (κ3) is 1.11. The fourth-order valence-corrected chi connectivity index (χ4v) is 2.61. The predicted octanol–water partition coefficient (Wildman–Crippen LogP) is 2.88. The number of benzene rings is 1. The van der Waals surface area contributed by atoms with Gasteiger partial charge in [0.25, 0.3) is 0 Å². The lowest BCUT2D eigenvalue weighted by Crippen LogP contribution is -1.74. The molecule has 2 nitrogen and oxygen atoms in total. The van der Waals surface area contributed by atoms with Gasteiger partial charge < -0.3 is 5.11 Å². The number of thiazole rings is 1. The zero-order valence-electron chi connectivity index (χ0n) is 7.03. The fourth-order valence-electron chi connectivity index (χ4n) is 1.46. The van der Waals surface area contributed by atoms with Gasteiger partial charge in [0.1, 0.15) is 11.3 Å². The molecule has 1 N–H and O–H groups in total. The third-order valence-electron chi connectivity index (χ3n) is 2.34. The maximum atomic E-state index is 9.53. The molecule has 3 rings (SSSR count). The van der Waals surface area contributed by atoms with Crippen LogP contribution >= 0.6 is 11.3 Å². The Morgan fingerprint density at radius 3 is 2.92 bits per heavy atom. The quantitative estimate of drug-likeness (QED) is 0.751. The monoisotopic (exact) mass is 191 g/mol. The van der Waals surface area contributed by atoms with Gasteiger partial charge in [0.15, 0.2) is 0 Å². The van der Waals surface area contributed by atoms with E-state index in [0.717, 1.165) is 10.2 Å². The van der Waals surface area contributed by atoms with Crippen LogP contribution in [-0.2, 0) is 0 Å². The molecule has 0 unspecified atom stereocenters. The van der Waals surface area contributed by atoms with E-state index in [1.807, 2.05) is 12.1 Å². The molecule has 2 aromatic rings. The summed E-state index contributed by atoms with van der Waals surface area (Å²) in [7, 11) is 0. The van der Waals surface area contributed by atoms with E-state index in [9.17, 15) is 5.11 Å². The van der Waals surface area contributed by atoms with Crippen molar-refractivity contribution in [3.05, 3.63) is 23.2 Å². The molecule has 1 heterocycles. The van der Waals surface area contributed by atoms with Gasteiger partial charge in [-0.3, -0.25) is 0 Å². The lowest BCUT2D eigenvalue weighted by Gasteiger charge is -1.89. The second-order valence-corrected chi connectivity index (χ2v) is 4.51. The highest BCUT2D eigenvalue weighted by Crippen LogP contribution is 2.44. The van der Waals surface area contributed by atoms with Crippen molar-refractivity contribution >= 4 is 21.6 Å². The molecule has 0 radical (unpaired) electrons. The molecule has 1 aromatic heterocycles. The Morgan fingerprint density at radius 1 is 1.38 bits per heavy atom. The average molecular weight is 191 g/mol. The number of phenols is 1. The predicted molar refractivity (Wildman–Crippen MR) is 53.3 cm³/mol. The van der Waals surface area contributed by atoms with E-state index in [1.54, 1.807) is 17.4 Å². The number of hydrogen-bond donors (Lipinski definition) is 1. The summed E-state index contributed by atoms with van der Waals surface area (Å²) in [5.74, 6) is 0.984. The van der Waals surface area contributed by atoms with Crippen molar-refractivity contribution in [2.45, 2.75) is 18.8 Å². The SMILES string of the molecule is Oc1cccc2sc(C3CC3)nc12. The zero-order chi connectivity index (χ0) is 8.84. The van der Waals surface area contributed by atoms with Crippen molar-refractivity contribution in [2.75, 3.05) is 0 Å². The Bertz CT molecular complexity index is 459. The van der Waals surface area contributed by atoms with Gasteiger partial charge in [-0.05, 0) is 25.0 Å². The molecular formula is C10H9NOS. The number of hydrogen-bond acceptors (Lipinski definition) is 3. The Kier molecular flexibility index (Phi) is 1.38. The van der Waals surface area contributed by atoms with Crippen LogP contribution in [0.25, 0.3) is 10.2 Å². The number of nitrogens with zero attached hydrogens (tertiary/aromatic N) is 1. The van der Waals surface area contributed by atoms with Gasteiger partial charge in [-0.2, -0.15) is 0 Å². The van der Waals surface area contributed by atoms with Gasteiger partial charge in [-0.25, -0.2) is 4.98 Å². The van der Waals surface area contributed by atoms with Gasteiger partial charge in [-0.1, -0.05) is 6.07 Å². The molecule has 0 aliphatic heterocycles. The first kappa shape index (κ1) is 7.33. The van der Waals surface area contributed by atoms with Gasteiger partial charge in [0.2, 0.25) is 0 Å². The minimum atomic E-state index is 0.306. The van der Waals surface area contributed by atoms with E-state index >= 15 is 0 Å². The molecule has 0 atom stereocenters. The van der Waals surface area contributed by atoms with Crippen LogP contribution < -0.4 is 0 Å². The summed E-state index contributed by atoms with van der Waals surface area (Å²) in [6.07, 6.45) is 2.53. The molecule has 1 fully saturated rings. The van der Waals surface area contributed by atoms with Crippen LogP contribution in [0, 0.1) is 0 Å². The van der Waals surface area contributed by atoms with Crippen molar-refractivity contribution < 1.29 is 5.11 Å². The van der Waals surface area contributed by atoms with E-state index in [-0.39, 0.29) is 0 Å². The van der Waals surface area contributed by atoms with Crippen LogP contribution in [0.4, 0.5) is 0 Å². The minimum Gasteiger partial charge on any atom is -0.506 e. The number of aromatic nitrogens is 1. The van der Waals surface area contributed by atoms with Crippen molar-refractivity contribution in [3.63, 3.8) is 0 Å². The lowest BCUT2D eigenvalue weighted by molar-refractivity contribution is 0.480. The van der Waals surface area contributed by atoms with Crippen molar-refractivity contribution in [1.29, 1.82) is 0 Å².